The van der Waals surface area contributed by atoms with Gasteiger partial charge in [0, 0.05) is 19.5 Å². The van der Waals surface area contributed by atoms with Crippen molar-refractivity contribution in [2.24, 2.45) is 0 Å². The Morgan fingerprint density at radius 3 is 2.26 bits per heavy atom. The lowest BCUT2D eigenvalue weighted by Crippen LogP contribution is -2.54. The van der Waals surface area contributed by atoms with E-state index in [0.29, 0.717) is 17.5 Å². The molecule has 2 unspecified atom stereocenters. The van der Waals surface area contributed by atoms with E-state index in [2.05, 4.69) is 10.6 Å². The molecule has 2 aromatic rings. The molecule has 0 fully saturated rings. The van der Waals surface area contributed by atoms with Gasteiger partial charge < -0.3 is 30.1 Å². The van der Waals surface area contributed by atoms with E-state index >= 15 is 0 Å². The minimum atomic E-state index is -1.07. The Balaban J connectivity index is 2.52. The summed E-state index contributed by atoms with van der Waals surface area (Å²) in [4.78, 5) is 54.4. The fraction of sp³-hybridized carbons (Fsp3) is 0.500. The molecule has 0 aliphatic heterocycles. The van der Waals surface area contributed by atoms with E-state index in [-0.39, 0.29) is 38.3 Å². The summed E-state index contributed by atoms with van der Waals surface area (Å²) >= 11 is 0. The molecule has 3 N–H and O–H groups in total. The number of aryl methyl sites for hydroxylation is 2. The van der Waals surface area contributed by atoms with E-state index in [4.69, 9.17) is 9.47 Å². The van der Waals surface area contributed by atoms with Crippen molar-refractivity contribution in [2.75, 3.05) is 19.7 Å². The van der Waals surface area contributed by atoms with Crippen molar-refractivity contribution in [3.63, 3.8) is 0 Å². The molecule has 0 heterocycles. The Morgan fingerprint density at radius 1 is 1.00 bits per heavy atom. The number of hydrogen-bond acceptors (Lipinski definition) is 7. The van der Waals surface area contributed by atoms with Crippen LogP contribution in [0, 0.1) is 13.8 Å². The van der Waals surface area contributed by atoms with Gasteiger partial charge in [0.05, 0.1) is 13.0 Å². The smallest absolute Gasteiger partial charge is 0.408 e. The molecule has 0 aliphatic carbocycles. The number of esters is 1. The molecule has 0 aromatic heterocycles. The lowest BCUT2D eigenvalue weighted by molar-refractivity contribution is -0.144. The number of alkyl carbamates (subject to hydrolysis) is 1. The minimum Gasteiger partial charge on any atom is -0.508 e. The van der Waals surface area contributed by atoms with E-state index in [1.54, 1.807) is 39.8 Å². The zero-order valence-corrected chi connectivity index (χ0v) is 25.8. The van der Waals surface area contributed by atoms with Gasteiger partial charge in [-0.3, -0.25) is 14.4 Å². The molecule has 0 saturated heterocycles. The zero-order chi connectivity index (χ0) is 31.4. The van der Waals surface area contributed by atoms with Crippen molar-refractivity contribution in [3.8, 4) is 5.75 Å². The number of nitrogens with one attached hydrogen (secondary N) is 2. The third kappa shape index (κ3) is 10.7. The van der Waals surface area contributed by atoms with Gasteiger partial charge in [0.2, 0.25) is 11.8 Å². The number of hydrogen-bond donors (Lipinski definition) is 3. The lowest BCUT2D eigenvalue weighted by Gasteiger charge is -2.35. The number of phenolic OH excluding ortho intramolecular Hbond substituents is 1. The number of nitrogens with zero attached hydrogens (tertiary/aromatic N) is 1. The topological polar surface area (TPSA) is 134 Å². The quantitative estimate of drug-likeness (QED) is 0.296. The summed E-state index contributed by atoms with van der Waals surface area (Å²) in [7, 11) is 0. The Labute approximate surface area is 248 Å². The SMILES string of the molecule is CCCN(C(=O)C(Cc1ccc(O)cc1)NC(=O)OC(C)(C)C)C(C(=O)NCCC(=O)OCC)c1cc(C)ccc1C. The van der Waals surface area contributed by atoms with Crippen LogP contribution in [0.25, 0.3) is 0 Å². The van der Waals surface area contributed by atoms with Gasteiger partial charge in [0.1, 0.15) is 23.4 Å². The standard InChI is InChI=1S/C32H45N3O7/c1-8-18-35(28(25-19-21(3)10-11-22(25)4)29(38)33-17-16-27(37)41-9-2)30(39)26(34-31(40)42-32(5,6)7)20-23-12-14-24(36)15-13-23/h10-15,19,26,28,36H,8-9,16-18,20H2,1-7H3,(H,33,38)(H,34,40). The first kappa shape index (κ1) is 34.1. The van der Waals surface area contributed by atoms with Crippen LogP contribution in [0.3, 0.4) is 0 Å². The highest BCUT2D eigenvalue weighted by Crippen LogP contribution is 2.27. The first-order valence-electron chi connectivity index (χ1n) is 14.3. The van der Waals surface area contributed by atoms with Crippen LogP contribution in [0.2, 0.25) is 0 Å². The molecule has 2 atom stereocenters. The predicted octanol–water partition coefficient (Wildman–Crippen LogP) is 4.49. The Kier molecular flexibility index (Phi) is 12.8. The average molecular weight is 584 g/mol. The Morgan fingerprint density at radius 2 is 1.67 bits per heavy atom. The number of amides is 3. The zero-order valence-electron chi connectivity index (χ0n) is 25.8. The molecule has 0 aliphatic rings. The minimum absolute atomic E-state index is 0.00942. The van der Waals surface area contributed by atoms with Gasteiger partial charge >= 0.3 is 12.1 Å². The maximum atomic E-state index is 14.3. The second kappa shape index (κ2) is 15.8. The van der Waals surface area contributed by atoms with Crippen LogP contribution in [0.5, 0.6) is 5.75 Å². The summed E-state index contributed by atoms with van der Waals surface area (Å²) in [6.07, 6.45) is -0.132. The van der Waals surface area contributed by atoms with E-state index in [1.165, 1.54) is 17.0 Å². The second-order valence-electron chi connectivity index (χ2n) is 11.2. The fourth-order valence-electron chi connectivity index (χ4n) is 4.45. The number of ether oxygens (including phenoxy) is 2. The van der Waals surface area contributed by atoms with Gasteiger partial charge in [-0.2, -0.15) is 0 Å². The highest BCUT2D eigenvalue weighted by atomic mass is 16.6. The molecular formula is C32H45N3O7. The van der Waals surface area contributed by atoms with Gasteiger partial charge in [-0.15, -0.1) is 0 Å². The van der Waals surface area contributed by atoms with Gasteiger partial charge in [-0.05, 0) is 76.8 Å². The maximum absolute atomic E-state index is 14.3. The maximum Gasteiger partial charge on any atom is 0.408 e. The van der Waals surface area contributed by atoms with Crippen LogP contribution >= 0.6 is 0 Å². The molecule has 3 amide bonds. The van der Waals surface area contributed by atoms with E-state index in [0.717, 1.165) is 11.1 Å². The monoisotopic (exact) mass is 583 g/mol. The summed E-state index contributed by atoms with van der Waals surface area (Å²) in [6, 6.07) is 9.94. The number of aromatic hydroxyl groups is 1. The first-order valence-corrected chi connectivity index (χ1v) is 14.3. The molecule has 10 heteroatoms. The Hall–Kier alpha value is -4.08. The third-order valence-electron chi connectivity index (χ3n) is 6.34. The fourth-order valence-corrected chi connectivity index (χ4v) is 4.45. The summed E-state index contributed by atoms with van der Waals surface area (Å²) in [5.41, 5.74) is 2.28. The number of benzene rings is 2. The largest absolute Gasteiger partial charge is 0.508 e. The normalized spacial score (nSPS) is 12.5. The van der Waals surface area contributed by atoms with E-state index < -0.39 is 41.6 Å². The van der Waals surface area contributed by atoms with E-state index in [1.807, 2.05) is 39.0 Å². The number of carbonyl (C=O) groups is 4. The third-order valence-corrected chi connectivity index (χ3v) is 6.34. The van der Waals surface area contributed by atoms with Gasteiger partial charge in [-0.25, -0.2) is 4.79 Å². The van der Waals surface area contributed by atoms with Crippen molar-refractivity contribution in [2.45, 2.75) is 85.4 Å². The first-order chi connectivity index (χ1) is 19.7. The van der Waals surface area contributed by atoms with Crippen molar-refractivity contribution >= 4 is 23.9 Å². The molecule has 2 aromatic carbocycles. The predicted molar refractivity (Wildman–Crippen MR) is 160 cm³/mol. The molecule has 230 valence electrons. The van der Waals surface area contributed by atoms with Crippen LogP contribution in [0.4, 0.5) is 4.79 Å². The summed E-state index contributed by atoms with van der Waals surface area (Å²) in [5.74, 6) is -1.28. The van der Waals surface area contributed by atoms with Crippen molar-refractivity contribution in [1.29, 1.82) is 0 Å². The van der Waals surface area contributed by atoms with Crippen LogP contribution in [-0.4, -0.2) is 65.2 Å². The second-order valence-corrected chi connectivity index (χ2v) is 11.2. The molecule has 0 radical (unpaired) electrons. The van der Waals surface area contributed by atoms with Crippen molar-refractivity contribution < 1.29 is 33.8 Å². The van der Waals surface area contributed by atoms with E-state index in [9.17, 15) is 24.3 Å². The van der Waals surface area contributed by atoms with Crippen LogP contribution in [0.15, 0.2) is 42.5 Å². The number of rotatable bonds is 13. The van der Waals surface area contributed by atoms with Crippen molar-refractivity contribution in [1.82, 2.24) is 15.5 Å². The van der Waals surface area contributed by atoms with Gasteiger partial charge in [0.15, 0.2) is 0 Å². The number of carbonyl (C=O) groups excluding carboxylic acids is 4. The molecule has 0 bridgehead atoms. The molecule has 42 heavy (non-hydrogen) atoms. The number of phenols is 1. The lowest BCUT2D eigenvalue weighted by atomic mass is 9.95. The highest BCUT2D eigenvalue weighted by Gasteiger charge is 2.36. The van der Waals surface area contributed by atoms with Gasteiger partial charge in [-0.1, -0.05) is 42.8 Å². The molecule has 0 saturated carbocycles. The summed E-state index contributed by atoms with van der Waals surface area (Å²) in [5, 5.41) is 15.3. The van der Waals surface area contributed by atoms with Crippen LogP contribution in [0.1, 0.15) is 75.8 Å². The average Bonchev–Trinajstić information content (AvgIpc) is 2.90. The van der Waals surface area contributed by atoms with Crippen LogP contribution < -0.4 is 10.6 Å². The molecule has 10 nitrogen and oxygen atoms in total. The summed E-state index contributed by atoms with van der Waals surface area (Å²) in [6.45, 7) is 13.1. The molecule has 0 spiro atoms. The van der Waals surface area contributed by atoms with Crippen LogP contribution in [-0.2, 0) is 30.3 Å². The van der Waals surface area contributed by atoms with Crippen molar-refractivity contribution in [3.05, 3.63) is 64.7 Å². The molecule has 2 rings (SSSR count). The molecular weight excluding hydrogens is 538 g/mol. The Bertz CT molecular complexity index is 1220. The van der Waals surface area contributed by atoms with Gasteiger partial charge in [0.25, 0.3) is 0 Å². The highest BCUT2D eigenvalue weighted by molar-refractivity contribution is 5.92. The summed E-state index contributed by atoms with van der Waals surface area (Å²) < 4.78 is 10.4.